The fourth-order valence-corrected chi connectivity index (χ4v) is 2.75. The molecule has 1 N–H and O–H groups in total. The van der Waals surface area contributed by atoms with E-state index in [1.165, 1.54) is 16.6 Å². The molecule has 1 heterocycles. The predicted molar refractivity (Wildman–Crippen MR) is 86.6 cm³/mol. The van der Waals surface area contributed by atoms with Gasteiger partial charge >= 0.3 is 0 Å². The summed E-state index contributed by atoms with van der Waals surface area (Å²) in [5.74, 6) is 0. The van der Waals surface area contributed by atoms with Gasteiger partial charge in [0.25, 0.3) is 0 Å². The summed E-state index contributed by atoms with van der Waals surface area (Å²) < 4.78 is 2.34. The number of anilines is 1. The van der Waals surface area contributed by atoms with E-state index in [9.17, 15) is 0 Å². The first-order valence-electron chi connectivity index (χ1n) is 6.78. The Morgan fingerprint density at radius 1 is 1.05 bits per heavy atom. The summed E-state index contributed by atoms with van der Waals surface area (Å²) in [7, 11) is 0. The number of halogens is 1. The fourth-order valence-electron chi connectivity index (χ4n) is 2.56. The second-order valence-corrected chi connectivity index (χ2v) is 5.37. The van der Waals surface area contributed by atoms with E-state index in [1.807, 2.05) is 24.3 Å². The zero-order valence-electron chi connectivity index (χ0n) is 11.4. The van der Waals surface area contributed by atoms with Crippen LogP contribution in [0, 0.1) is 6.92 Å². The summed E-state index contributed by atoms with van der Waals surface area (Å²) in [5.41, 5.74) is 3.64. The number of aryl methyl sites for hydroxylation is 1. The van der Waals surface area contributed by atoms with Crippen molar-refractivity contribution >= 4 is 28.2 Å². The van der Waals surface area contributed by atoms with Crippen molar-refractivity contribution in [1.29, 1.82) is 0 Å². The average Bonchev–Trinajstić information content (AvgIpc) is 2.75. The van der Waals surface area contributed by atoms with Crippen LogP contribution >= 0.6 is 11.6 Å². The number of hydrogen-bond acceptors (Lipinski definition) is 1. The third-order valence-corrected chi connectivity index (χ3v) is 3.74. The summed E-state index contributed by atoms with van der Waals surface area (Å²) in [6, 6.07) is 18.5. The highest BCUT2D eigenvalue weighted by atomic mass is 35.5. The minimum Gasteiger partial charge on any atom is -0.383 e. The lowest BCUT2D eigenvalue weighted by Gasteiger charge is -2.10. The fraction of sp³-hybridized carbons (Fsp3) is 0.176. The molecular formula is C17H17ClN2. The monoisotopic (exact) mass is 284 g/mol. The van der Waals surface area contributed by atoms with Crippen molar-refractivity contribution in [3.63, 3.8) is 0 Å². The predicted octanol–water partition coefficient (Wildman–Crippen LogP) is 4.72. The number of rotatable bonds is 4. The molecule has 0 atom stereocenters. The van der Waals surface area contributed by atoms with E-state index >= 15 is 0 Å². The average molecular weight is 285 g/mol. The van der Waals surface area contributed by atoms with Gasteiger partial charge in [-0.1, -0.05) is 35.9 Å². The number of benzene rings is 2. The summed E-state index contributed by atoms with van der Waals surface area (Å²) in [6.45, 7) is 3.96. The lowest BCUT2D eigenvalue weighted by atomic mass is 10.2. The molecule has 0 amide bonds. The molecule has 0 spiro atoms. The van der Waals surface area contributed by atoms with Crippen LogP contribution in [-0.4, -0.2) is 11.1 Å². The molecule has 2 nitrogen and oxygen atoms in total. The van der Waals surface area contributed by atoms with Gasteiger partial charge in [-0.3, -0.25) is 0 Å². The molecule has 0 radical (unpaired) electrons. The van der Waals surface area contributed by atoms with E-state index in [-0.39, 0.29) is 0 Å². The maximum absolute atomic E-state index is 5.98. The van der Waals surface area contributed by atoms with Crippen molar-refractivity contribution in [1.82, 2.24) is 4.57 Å². The minimum atomic E-state index is 0.762. The first-order valence-corrected chi connectivity index (χ1v) is 7.16. The van der Waals surface area contributed by atoms with Crippen LogP contribution in [0.3, 0.4) is 0 Å². The minimum absolute atomic E-state index is 0.762. The van der Waals surface area contributed by atoms with Crippen molar-refractivity contribution < 1.29 is 0 Å². The first kappa shape index (κ1) is 13.1. The number of hydrogen-bond donors (Lipinski definition) is 1. The number of fused-ring (bicyclic) bond motifs is 1. The Morgan fingerprint density at radius 2 is 1.90 bits per heavy atom. The highest BCUT2D eigenvalue weighted by Gasteiger charge is 2.04. The van der Waals surface area contributed by atoms with Crippen LogP contribution in [-0.2, 0) is 6.54 Å². The van der Waals surface area contributed by atoms with Crippen molar-refractivity contribution in [2.75, 3.05) is 11.9 Å². The number of para-hydroxylation sites is 1. The Morgan fingerprint density at radius 3 is 2.75 bits per heavy atom. The zero-order valence-corrected chi connectivity index (χ0v) is 12.2. The van der Waals surface area contributed by atoms with Crippen molar-refractivity contribution in [3.05, 3.63) is 65.3 Å². The molecule has 102 valence electrons. The smallest absolute Gasteiger partial charge is 0.0483 e. The van der Waals surface area contributed by atoms with Gasteiger partial charge in [0.05, 0.1) is 0 Å². The summed E-state index contributed by atoms with van der Waals surface area (Å²) >= 11 is 5.98. The molecule has 0 fully saturated rings. The third kappa shape index (κ3) is 2.66. The largest absolute Gasteiger partial charge is 0.383 e. The molecule has 0 aliphatic rings. The standard InChI is InChI=1S/C17H17ClN2/c1-13-11-14-5-2-3-8-17(14)20(13)10-9-19-16-7-4-6-15(18)12-16/h2-8,11-12,19H,9-10H2,1H3. The quantitative estimate of drug-likeness (QED) is 0.734. The van der Waals surface area contributed by atoms with E-state index < -0.39 is 0 Å². The van der Waals surface area contributed by atoms with E-state index in [0.717, 1.165) is 23.8 Å². The van der Waals surface area contributed by atoms with Crippen LogP contribution in [0.25, 0.3) is 10.9 Å². The Balaban J connectivity index is 1.73. The van der Waals surface area contributed by atoms with E-state index in [0.29, 0.717) is 0 Å². The molecule has 1 aromatic heterocycles. The molecule has 0 aliphatic carbocycles. The van der Waals surface area contributed by atoms with Crippen molar-refractivity contribution in [2.45, 2.75) is 13.5 Å². The van der Waals surface area contributed by atoms with Crippen LogP contribution in [0.15, 0.2) is 54.6 Å². The molecule has 3 aromatic rings. The van der Waals surface area contributed by atoms with Crippen LogP contribution in [0.2, 0.25) is 5.02 Å². The van der Waals surface area contributed by atoms with Crippen LogP contribution in [0.1, 0.15) is 5.69 Å². The summed E-state index contributed by atoms with van der Waals surface area (Å²) in [4.78, 5) is 0. The van der Waals surface area contributed by atoms with E-state index in [2.05, 4.69) is 47.1 Å². The Hall–Kier alpha value is -1.93. The van der Waals surface area contributed by atoms with Gasteiger partial charge in [0.1, 0.15) is 0 Å². The number of nitrogens with one attached hydrogen (secondary N) is 1. The van der Waals surface area contributed by atoms with E-state index in [4.69, 9.17) is 11.6 Å². The van der Waals surface area contributed by atoms with Gasteiger partial charge in [-0.05, 0) is 42.6 Å². The van der Waals surface area contributed by atoms with Crippen molar-refractivity contribution in [2.24, 2.45) is 0 Å². The van der Waals surface area contributed by atoms with Gasteiger partial charge in [0.2, 0.25) is 0 Å². The second kappa shape index (κ2) is 5.59. The van der Waals surface area contributed by atoms with Gasteiger partial charge in [0, 0.05) is 35.0 Å². The molecule has 20 heavy (non-hydrogen) atoms. The first-order chi connectivity index (χ1) is 9.74. The lowest BCUT2D eigenvalue weighted by Crippen LogP contribution is -2.11. The van der Waals surface area contributed by atoms with Gasteiger partial charge in [-0.15, -0.1) is 0 Å². The van der Waals surface area contributed by atoms with Gasteiger partial charge < -0.3 is 9.88 Å². The highest BCUT2D eigenvalue weighted by molar-refractivity contribution is 6.30. The van der Waals surface area contributed by atoms with E-state index in [1.54, 1.807) is 0 Å². The molecule has 0 unspecified atom stereocenters. The normalized spacial score (nSPS) is 10.9. The third-order valence-electron chi connectivity index (χ3n) is 3.51. The molecule has 0 saturated heterocycles. The van der Waals surface area contributed by atoms with Crippen molar-refractivity contribution in [3.8, 4) is 0 Å². The highest BCUT2D eigenvalue weighted by Crippen LogP contribution is 2.19. The number of aromatic nitrogens is 1. The SMILES string of the molecule is Cc1cc2ccccc2n1CCNc1cccc(Cl)c1. The van der Waals surface area contributed by atoms with Gasteiger partial charge in [-0.2, -0.15) is 0 Å². The molecule has 0 aliphatic heterocycles. The van der Waals surface area contributed by atoms with Crippen LogP contribution < -0.4 is 5.32 Å². The molecular weight excluding hydrogens is 268 g/mol. The summed E-state index contributed by atoms with van der Waals surface area (Å²) in [5, 5.41) is 5.47. The molecule has 3 rings (SSSR count). The van der Waals surface area contributed by atoms with Crippen LogP contribution in [0.4, 0.5) is 5.69 Å². The zero-order chi connectivity index (χ0) is 13.9. The molecule has 3 heteroatoms. The Bertz CT molecular complexity index is 731. The maximum atomic E-state index is 5.98. The van der Waals surface area contributed by atoms with Crippen LogP contribution in [0.5, 0.6) is 0 Å². The molecule has 2 aromatic carbocycles. The number of nitrogens with zero attached hydrogens (tertiary/aromatic N) is 1. The Labute approximate surface area is 124 Å². The maximum Gasteiger partial charge on any atom is 0.0483 e. The molecule has 0 bridgehead atoms. The lowest BCUT2D eigenvalue weighted by molar-refractivity contribution is 0.735. The topological polar surface area (TPSA) is 17.0 Å². The molecule has 0 saturated carbocycles. The summed E-state index contributed by atoms with van der Waals surface area (Å²) in [6.07, 6.45) is 0. The van der Waals surface area contributed by atoms with Gasteiger partial charge in [0.15, 0.2) is 0 Å². The van der Waals surface area contributed by atoms with Gasteiger partial charge in [-0.25, -0.2) is 0 Å². The Kier molecular flexibility index (Phi) is 3.66. The second-order valence-electron chi connectivity index (χ2n) is 4.93.